The molecular weight excluding hydrogens is 494 g/mol. The lowest BCUT2D eigenvalue weighted by atomic mass is 9.47. The Labute approximate surface area is 219 Å². The highest BCUT2D eigenvalue weighted by atomic mass is 16.6. The fraction of sp³-hybridized carbons (Fsp3) is 0.429. The maximum atomic E-state index is 14.1. The number of allylic oxidation sites excluding steroid dienone is 1. The average molecular weight is 524 g/mol. The van der Waals surface area contributed by atoms with Crippen LogP contribution in [0.2, 0.25) is 0 Å². The molecule has 0 amide bonds. The monoisotopic (exact) mass is 523 g/mol. The summed E-state index contributed by atoms with van der Waals surface area (Å²) in [6, 6.07) is 8.12. The molecule has 0 spiro atoms. The quantitative estimate of drug-likeness (QED) is 0.458. The number of hydrogen-bond acceptors (Lipinski definition) is 10. The van der Waals surface area contributed by atoms with Crippen LogP contribution in [0.4, 0.5) is 0 Å². The first-order valence-corrected chi connectivity index (χ1v) is 12.3. The number of esters is 3. The Bertz CT molecular complexity index is 1320. The molecule has 2 aromatic rings. The number of nitrogens with two attached hydrogens (primary N) is 1. The second kappa shape index (κ2) is 9.43. The second-order valence-corrected chi connectivity index (χ2v) is 10.3. The minimum Gasteiger partial charge on any atom is -0.496 e. The summed E-state index contributed by atoms with van der Waals surface area (Å²) >= 11 is 0. The van der Waals surface area contributed by atoms with E-state index in [-0.39, 0.29) is 29.9 Å². The van der Waals surface area contributed by atoms with Crippen molar-refractivity contribution in [3.8, 4) is 5.75 Å². The molecule has 1 aromatic carbocycles. The third kappa shape index (κ3) is 3.91. The van der Waals surface area contributed by atoms with Gasteiger partial charge in [0, 0.05) is 11.1 Å². The SMILES string of the molecule is COC(=O)[C@@H]1C=C(OC(=O)c2ccccc2OC)C(=O)[C@@H]2[C@@]3(C)C[C@@H](c4ccoc4)OC(=O)[C@@H]3CC[C@]21N. The van der Waals surface area contributed by atoms with E-state index in [2.05, 4.69) is 0 Å². The molecule has 1 aliphatic heterocycles. The van der Waals surface area contributed by atoms with Crippen molar-refractivity contribution in [2.45, 2.75) is 37.8 Å². The Morgan fingerprint density at radius 2 is 1.89 bits per heavy atom. The number of carbonyl (C=O) groups is 4. The molecule has 2 N–H and O–H groups in total. The molecule has 0 radical (unpaired) electrons. The summed E-state index contributed by atoms with van der Waals surface area (Å²) in [6.07, 6.45) is 4.35. The molecule has 2 fully saturated rings. The minimum absolute atomic E-state index is 0.108. The largest absolute Gasteiger partial charge is 0.496 e. The number of ether oxygens (including phenoxy) is 4. The first-order chi connectivity index (χ1) is 18.1. The number of furan rings is 1. The molecule has 0 bridgehead atoms. The molecule has 10 heteroatoms. The van der Waals surface area contributed by atoms with Crippen molar-refractivity contribution in [1.82, 2.24) is 0 Å². The number of benzene rings is 1. The predicted octanol–water partition coefficient (Wildman–Crippen LogP) is 3.12. The van der Waals surface area contributed by atoms with Crippen LogP contribution < -0.4 is 10.5 Å². The molecule has 1 aromatic heterocycles. The number of Topliss-reactive ketones (excluding diaryl/α,β-unsaturated/α-hetero) is 1. The van der Waals surface area contributed by atoms with Gasteiger partial charge in [0.25, 0.3) is 0 Å². The molecule has 10 nitrogen and oxygen atoms in total. The standard InChI is InChI=1S/C28H29NO9/c1-27-13-21(15-9-11-36-14-15)38-26(33)17(27)8-10-28(29)18(25(32)35-3)12-20(22(30)23(27)28)37-24(31)16-6-4-5-7-19(16)34-2/h4-7,9,11-12,14,17-18,21,23H,8,10,13,29H2,1-3H3/t17-,18-,21-,23+,27-,28+/m0/s1. The molecule has 2 heterocycles. The molecule has 1 saturated carbocycles. The molecule has 200 valence electrons. The van der Waals surface area contributed by atoms with Crippen LogP contribution >= 0.6 is 0 Å². The number of ketones is 1. The van der Waals surface area contributed by atoms with Crippen molar-refractivity contribution in [3.63, 3.8) is 0 Å². The highest BCUT2D eigenvalue weighted by Crippen LogP contribution is 2.60. The van der Waals surface area contributed by atoms with Crippen molar-refractivity contribution in [3.05, 3.63) is 65.8 Å². The van der Waals surface area contributed by atoms with E-state index in [1.54, 1.807) is 24.3 Å². The summed E-state index contributed by atoms with van der Waals surface area (Å²) in [7, 11) is 2.64. The van der Waals surface area contributed by atoms with Gasteiger partial charge in [0.1, 0.15) is 17.4 Å². The third-order valence-corrected chi connectivity index (χ3v) is 8.33. The van der Waals surface area contributed by atoms with Gasteiger partial charge in [-0.05, 0) is 49.0 Å². The number of hydrogen-bond donors (Lipinski definition) is 1. The molecule has 38 heavy (non-hydrogen) atoms. The minimum atomic E-state index is -1.37. The Morgan fingerprint density at radius 1 is 1.13 bits per heavy atom. The molecule has 0 unspecified atom stereocenters. The van der Waals surface area contributed by atoms with Crippen LogP contribution in [0.5, 0.6) is 5.75 Å². The number of para-hydroxylation sites is 1. The first kappa shape index (κ1) is 25.7. The summed E-state index contributed by atoms with van der Waals surface area (Å²) in [6.45, 7) is 1.81. The number of fused-ring (bicyclic) bond motifs is 3. The Kier molecular flexibility index (Phi) is 6.38. The molecule has 6 atom stereocenters. The lowest BCUT2D eigenvalue weighted by Gasteiger charge is -2.59. The van der Waals surface area contributed by atoms with E-state index in [1.165, 1.54) is 38.9 Å². The van der Waals surface area contributed by atoms with Gasteiger partial charge in [0.05, 0.1) is 44.5 Å². The van der Waals surface area contributed by atoms with E-state index in [4.69, 9.17) is 29.1 Å². The summed E-state index contributed by atoms with van der Waals surface area (Å²) < 4.78 is 26.8. The van der Waals surface area contributed by atoms with E-state index in [0.717, 1.165) is 0 Å². The van der Waals surface area contributed by atoms with Crippen LogP contribution in [0.3, 0.4) is 0 Å². The fourth-order valence-corrected chi connectivity index (χ4v) is 6.51. The van der Waals surface area contributed by atoms with Gasteiger partial charge < -0.3 is 29.1 Å². The molecule has 2 aliphatic carbocycles. The van der Waals surface area contributed by atoms with E-state index in [1.807, 2.05) is 6.92 Å². The van der Waals surface area contributed by atoms with Crippen molar-refractivity contribution >= 4 is 23.7 Å². The van der Waals surface area contributed by atoms with Crippen LogP contribution in [0.15, 0.2) is 59.1 Å². The van der Waals surface area contributed by atoms with Gasteiger partial charge in [-0.3, -0.25) is 14.4 Å². The molecule has 5 rings (SSSR count). The zero-order chi connectivity index (χ0) is 27.2. The van der Waals surface area contributed by atoms with Crippen LogP contribution in [-0.2, 0) is 28.6 Å². The lowest BCUT2D eigenvalue weighted by molar-refractivity contribution is -0.190. The van der Waals surface area contributed by atoms with Gasteiger partial charge in [0.2, 0.25) is 5.78 Å². The summed E-state index contributed by atoms with van der Waals surface area (Å²) in [4.78, 5) is 53.4. The smallest absolute Gasteiger partial charge is 0.347 e. The van der Waals surface area contributed by atoms with Gasteiger partial charge in [-0.2, -0.15) is 0 Å². The zero-order valence-electron chi connectivity index (χ0n) is 21.3. The summed E-state index contributed by atoms with van der Waals surface area (Å²) in [5.41, 5.74) is 5.31. The van der Waals surface area contributed by atoms with Gasteiger partial charge in [-0.1, -0.05) is 19.1 Å². The fourth-order valence-electron chi connectivity index (χ4n) is 6.51. The van der Waals surface area contributed by atoms with E-state index in [9.17, 15) is 19.2 Å². The van der Waals surface area contributed by atoms with Crippen LogP contribution in [0.1, 0.15) is 48.2 Å². The predicted molar refractivity (Wildman–Crippen MR) is 130 cm³/mol. The highest BCUT2D eigenvalue weighted by molar-refractivity contribution is 6.04. The lowest BCUT2D eigenvalue weighted by Crippen LogP contribution is -2.70. The number of rotatable bonds is 5. The molecular formula is C28H29NO9. The van der Waals surface area contributed by atoms with Crippen molar-refractivity contribution in [2.24, 2.45) is 28.9 Å². The summed E-state index contributed by atoms with van der Waals surface area (Å²) in [5, 5.41) is 0. The Morgan fingerprint density at radius 3 is 2.58 bits per heavy atom. The number of carbonyl (C=O) groups excluding carboxylic acids is 4. The van der Waals surface area contributed by atoms with Crippen LogP contribution in [-0.4, -0.2) is 43.4 Å². The molecule has 1 saturated heterocycles. The van der Waals surface area contributed by atoms with Crippen LogP contribution in [0, 0.1) is 23.2 Å². The number of cyclic esters (lactones) is 1. The number of methoxy groups -OCH3 is 2. The van der Waals surface area contributed by atoms with Gasteiger partial charge >= 0.3 is 17.9 Å². The maximum absolute atomic E-state index is 14.1. The van der Waals surface area contributed by atoms with Gasteiger partial charge in [0.15, 0.2) is 5.76 Å². The van der Waals surface area contributed by atoms with E-state index in [0.29, 0.717) is 12.0 Å². The van der Waals surface area contributed by atoms with E-state index >= 15 is 0 Å². The van der Waals surface area contributed by atoms with E-state index < -0.39 is 58.5 Å². The topological polar surface area (TPSA) is 144 Å². The Balaban J connectivity index is 1.57. The van der Waals surface area contributed by atoms with Crippen molar-refractivity contribution < 1.29 is 42.5 Å². The average Bonchev–Trinajstić information content (AvgIpc) is 3.44. The van der Waals surface area contributed by atoms with Crippen molar-refractivity contribution in [1.29, 1.82) is 0 Å². The van der Waals surface area contributed by atoms with Gasteiger partial charge in [-0.15, -0.1) is 0 Å². The first-order valence-electron chi connectivity index (χ1n) is 12.3. The highest BCUT2D eigenvalue weighted by Gasteiger charge is 2.67. The van der Waals surface area contributed by atoms with Gasteiger partial charge in [-0.25, -0.2) is 4.79 Å². The summed E-state index contributed by atoms with van der Waals surface area (Å²) in [5.74, 6) is -5.30. The van der Waals surface area contributed by atoms with Crippen LogP contribution in [0.25, 0.3) is 0 Å². The second-order valence-electron chi connectivity index (χ2n) is 10.3. The van der Waals surface area contributed by atoms with Crippen molar-refractivity contribution in [2.75, 3.05) is 14.2 Å². The maximum Gasteiger partial charge on any atom is 0.347 e. The third-order valence-electron chi connectivity index (χ3n) is 8.33. The Hall–Kier alpha value is -3.92. The molecule has 3 aliphatic rings. The zero-order valence-corrected chi connectivity index (χ0v) is 21.3. The normalized spacial score (nSPS) is 32.3.